The molecule has 0 aromatic heterocycles. The molecule has 4 heteroatoms. The molecule has 0 spiro atoms. The summed E-state index contributed by atoms with van der Waals surface area (Å²) >= 11 is 0. The Morgan fingerprint density at radius 1 is 1.24 bits per heavy atom. The number of nitrogens with zero attached hydrogens (tertiary/aromatic N) is 2. The summed E-state index contributed by atoms with van der Waals surface area (Å²) in [6.07, 6.45) is 2.89. The van der Waals surface area contributed by atoms with Crippen LogP contribution in [0.5, 0.6) is 0 Å². The summed E-state index contributed by atoms with van der Waals surface area (Å²) in [5.74, 6) is 0.136. The summed E-state index contributed by atoms with van der Waals surface area (Å²) in [7, 11) is 0. The topological polar surface area (TPSA) is 43.8 Å². The van der Waals surface area contributed by atoms with E-state index >= 15 is 0 Å². The number of carbonyl (C=O) groups is 1. The minimum atomic E-state index is -0.752. The Morgan fingerprint density at radius 3 is 2.24 bits per heavy atom. The molecule has 0 bridgehead atoms. The fraction of sp³-hybridized carbons (Fsp3) is 0.923. The zero-order chi connectivity index (χ0) is 12.5. The van der Waals surface area contributed by atoms with Crippen LogP contribution in [0.15, 0.2) is 0 Å². The highest BCUT2D eigenvalue weighted by atomic mass is 16.3. The van der Waals surface area contributed by atoms with Crippen molar-refractivity contribution in [3.8, 4) is 0 Å². The number of aliphatic hydroxyl groups is 1. The van der Waals surface area contributed by atoms with E-state index in [1.54, 1.807) is 0 Å². The molecule has 17 heavy (non-hydrogen) atoms. The Labute approximate surface area is 104 Å². The Morgan fingerprint density at radius 2 is 1.82 bits per heavy atom. The van der Waals surface area contributed by atoms with Crippen LogP contribution in [0.25, 0.3) is 0 Å². The van der Waals surface area contributed by atoms with Crippen LogP contribution in [-0.2, 0) is 4.79 Å². The van der Waals surface area contributed by atoms with Crippen molar-refractivity contribution in [1.29, 1.82) is 0 Å². The quantitative estimate of drug-likeness (QED) is 0.795. The van der Waals surface area contributed by atoms with Crippen LogP contribution >= 0.6 is 0 Å². The minimum absolute atomic E-state index is 0.136. The molecule has 0 radical (unpaired) electrons. The second-order valence-electron chi connectivity index (χ2n) is 5.77. The largest absolute Gasteiger partial charge is 0.389 e. The van der Waals surface area contributed by atoms with E-state index in [9.17, 15) is 9.90 Å². The van der Waals surface area contributed by atoms with Crippen molar-refractivity contribution in [1.82, 2.24) is 9.80 Å². The van der Waals surface area contributed by atoms with Gasteiger partial charge in [0.05, 0.1) is 12.0 Å². The molecule has 4 nitrogen and oxygen atoms in total. The van der Waals surface area contributed by atoms with Crippen molar-refractivity contribution in [2.45, 2.75) is 51.2 Å². The molecule has 0 aromatic rings. The zero-order valence-electron chi connectivity index (χ0n) is 11.0. The lowest BCUT2D eigenvalue weighted by molar-refractivity contribution is -0.142. The summed E-state index contributed by atoms with van der Waals surface area (Å²) in [4.78, 5) is 16.1. The van der Waals surface area contributed by atoms with Gasteiger partial charge in [-0.2, -0.15) is 0 Å². The molecule has 98 valence electrons. The van der Waals surface area contributed by atoms with Gasteiger partial charge < -0.3 is 14.9 Å². The van der Waals surface area contributed by atoms with Crippen LogP contribution < -0.4 is 0 Å². The Bertz CT molecular complexity index is 279. The Balaban J connectivity index is 1.82. The first-order chi connectivity index (χ1) is 8.00. The van der Waals surface area contributed by atoms with Crippen molar-refractivity contribution in [2.75, 3.05) is 26.2 Å². The predicted octanol–water partition coefficient (Wildman–Crippen LogP) is 0.844. The van der Waals surface area contributed by atoms with E-state index in [-0.39, 0.29) is 5.91 Å². The third-order valence-electron chi connectivity index (χ3n) is 4.15. The molecule has 2 saturated heterocycles. The molecule has 0 aromatic carbocycles. The van der Waals surface area contributed by atoms with Gasteiger partial charge in [-0.05, 0) is 33.1 Å². The SMILES string of the molecule is CC(C)N1CCC(O)(CC(=O)N2CCC2)CC1. The van der Waals surface area contributed by atoms with Gasteiger partial charge in [-0.3, -0.25) is 4.79 Å². The molecular formula is C13H24N2O2. The number of hydrogen-bond donors (Lipinski definition) is 1. The highest BCUT2D eigenvalue weighted by molar-refractivity contribution is 5.78. The molecule has 0 unspecified atom stereocenters. The molecule has 1 N–H and O–H groups in total. The van der Waals surface area contributed by atoms with Crippen molar-refractivity contribution in [3.05, 3.63) is 0 Å². The van der Waals surface area contributed by atoms with Crippen LogP contribution in [0.2, 0.25) is 0 Å². The first kappa shape index (κ1) is 12.8. The molecular weight excluding hydrogens is 216 g/mol. The average molecular weight is 240 g/mol. The first-order valence-corrected chi connectivity index (χ1v) is 6.74. The molecule has 2 aliphatic rings. The molecule has 0 atom stereocenters. The highest BCUT2D eigenvalue weighted by Crippen LogP contribution is 2.28. The van der Waals surface area contributed by atoms with Gasteiger partial charge in [0, 0.05) is 32.2 Å². The van der Waals surface area contributed by atoms with Crippen molar-refractivity contribution in [3.63, 3.8) is 0 Å². The zero-order valence-corrected chi connectivity index (χ0v) is 11.0. The molecule has 0 saturated carbocycles. The smallest absolute Gasteiger partial charge is 0.225 e. The van der Waals surface area contributed by atoms with E-state index in [1.807, 2.05) is 4.90 Å². The van der Waals surface area contributed by atoms with Gasteiger partial charge in [0.25, 0.3) is 0 Å². The standard InChI is InChI=1S/C13H24N2O2/c1-11(2)14-8-4-13(17,5-9-14)10-12(16)15-6-3-7-15/h11,17H,3-10H2,1-2H3. The van der Waals surface area contributed by atoms with Gasteiger partial charge in [0.2, 0.25) is 5.91 Å². The summed E-state index contributed by atoms with van der Waals surface area (Å²) in [5, 5.41) is 10.4. The van der Waals surface area contributed by atoms with Crippen LogP contribution in [0, 0.1) is 0 Å². The summed E-state index contributed by atoms with van der Waals surface area (Å²) in [6.45, 7) is 7.92. The lowest BCUT2D eigenvalue weighted by Crippen LogP contribution is -2.51. The fourth-order valence-electron chi connectivity index (χ4n) is 2.59. The fourth-order valence-corrected chi connectivity index (χ4v) is 2.59. The molecule has 2 fully saturated rings. The number of hydrogen-bond acceptors (Lipinski definition) is 3. The average Bonchev–Trinajstić information content (AvgIpc) is 2.14. The van der Waals surface area contributed by atoms with Crippen molar-refractivity contribution in [2.24, 2.45) is 0 Å². The van der Waals surface area contributed by atoms with E-state index < -0.39 is 5.60 Å². The molecule has 0 aliphatic carbocycles. The van der Waals surface area contributed by atoms with Gasteiger partial charge in [-0.15, -0.1) is 0 Å². The lowest BCUT2D eigenvalue weighted by Gasteiger charge is -2.41. The van der Waals surface area contributed by atoms with E-state index in [2.05, 4.69) is 18.7 Å². The van der Waals surface area contributed by atoms with E-state index in [0.717, 1.165) is 45.4 Å². The van der Waals surface area contributed by atoms with Gasteiger partial charge in [-0.25, -0.2) is 0 Å². The Hall–Kier alpha value is -0.610. The summed E-state index contributed by atoms with van der Waals surface area (Å²) < 4.78 is 0. The second-order valence-corrected chi connectivity index (χ2v) is 5.77. The molecule has 1 amide bonds. The third-order valence-corrected chi connectivity index (χ3v) is 4.15. The number of likely N-dealkylation sites (tertiary alicyclic amines) is 2. The number of carbonyl (C=O) groups excluding carboxylic acids is 1. The van der Waals surface area contributed by atoms with E-state index in [4.69, 9.17) is 0 Å². The maximum Gasteiger partial charge on any atom is 0.225 e. The predicted molar refractivity (Wildman–Crippen MR) is 66.7 cm³/mol. The number of piperidine rings is 1. The molecule has 2 rings (SSSR count). The summed E-state index contributed by atoms with van der Waals surface area (Å²) in [6, 6.07) is 0.533. The monoisotopic (exact) mass is 240 g/mol. The van der Waals surface area contributed by atoms with Crippen LogP contribution in [-0.4, -0.2) is 58.6 Å². The van der Waals surface area contributed by atoms with Crippen LogP contribution in [0.4, 0.5) is 0 Å². The van der Waals surface area contributed by atoms with Gasteiger partial charge >= 0.3 is 0 Å². The summed E-state index contributed by atoms with van der Waals surface area (Å²) in [5.41, 5.74) is -0.752. The van der Waals surface area contributed by atoms with Gasteiger partial charge in [0.1, 0.15) is 0 Å². The second kappa shape index (κ2) is 4.94. The molecule has 2 heterocycles. The first-order valence-electron chi connectivity index (χ1n) is 6.74. The maximum atomic E-state index is 11.9. The lowest BCUT2D eigenvalue weighted by atomic mass is 9.87. The van der Waals surface area contributed by atoms with E-state index in [1.165, 1.54) is 0 Å². The highest BCUT2D eigenvalue weighted by Gasteiger charge is 2.36. The van der Waals surface area contributed by atoms with Crippen molar-refractivity contribution < 1.29 is 9.90 Å². The minimum Gasteiger partial charge on any atom is -0.389 e. The normalized spacial score (nSPS) is 24.8. The molecule has 2 aliphatic heterocycles. The van der Waals surface area contributed by atoms with Gasteiger partial charge in [0.15, 0.2) is 0 Å². The Kier molecular flexibility index (Phi) is 3.73. The van der Waals surface area contributed by atoms with Crippen LogP contribution in [0.1, 0.15) is 39.5 Å². The van der Waals surface area contributed by atoms with E-state index in [0.29, 0.717) is 12.5 Å². The number of rotatable bonds is 3. The maximum absolute atomic E-state index is 11.9. The van der Waals surface area contributed by atoms with Gasteiger partial charge in [-0.1, -0.05) is 0 Å². The van der Waals surface area contributed by atoms with Crippen LogP contribution in [0.3, 0.4) is 0 Å². The van der Waals surface area contributed by atoms with Crippen molar-refractivity contribution >= 4 is 5.91 Å². The number of amides is 1. The third kappa shape index (κ3) is 2.99.